The largest absolute Gasteiger partial charge is 0.459 e. The van der Waals surface area contributed by atoms with E-state index in [0.29, 0.717) is 35.9 Å². The molecule has 0 fully saturated rings. The van der Waals surface area contributed by atoms with Crippen molar-refractivity contribution in [3.63, 3.8) is 0 Å². The Morgan fingerprint density at radius 1 is 1.12 bits per heavy atom. The smallest absolute Gasteiger partial charge is 0.413 e. The van der Waals surface area contributed by atoms with Gasteiger partial charge in [0.2, 0.25) is 5.91 Å². The number of fused-ring (bicyclic) bond motifs is 3. The van der Waals surface area contributed by atoms with Crippen LogP contribution < -0.4 is 21.1 Å². The van der Waals surface area contributed by atoms with Gasteiger partial charge in [-0.05, 0) is 45.4 Å². The molecule has 0 saturated carbocycles. The first-order valence-electron chi connectivity index (χ1n) is 13.8. The molecular weight excluding hydrogens is 543 g/mol. The molecule has 11 nitrogen and oxygen atoms in total. The first-order valence-corrected chi connectivity index (χ1v) is 15.3. The highest BCUT2D eigenvalue weighted by Crippen LogP contribution is 2.47. The van der Waals surface area contributed by atoms with Crippen LogP contribution in [-0.2, 0) is 30.8 Å². The maximum absolute atomic E-state index is 14.1. The molecule has 1 unspecified atom stereocenters. The van der Waals surface area contributed by atoms with Crippen LogP contribution in [0.5, 0.6) is 5.75 Å². The lowest BCUT2D eigenvalue weighted by Crippen LogP contribution is -2.41. The van der Waals surface area contributed by atoms with Crippen LogP contribution in [0.15, 0.2) is 54.6 Å². The number of amides is 1. The molecule has 41 heavy (non-hydrogen) atoms. The monoisotopic (exact) mass is 582 g/mol. The van der Waals surface area contributed by atoms with E-state index in [9.17, 15) is 9.36 Å². The highest BCUT2D eigenvalue weighted by Gasteiger charge is 2.38. The molecule has 12 heteroatoms. The van der Waals surface area contributed by atoms with E-state index >= 15 is 0 Å². The molecule has 2 heterocycles. The van der Waals surface area contributed by atoms with Crippen molar-refractivity contribution in [2.24, 2.45) is 5.73 Å². The summed E-state index contributed by atoms with van der Waals surface area (Å²) in [4.78, 5) is 21.3. The van der Waals surface area contributed by atoms with Crippen LogP contribution in [-0.4, -0.2) is 39.7 Å². The number of pyridine rings is 1. The van der Waals surface area contributed by atoms with Gasteiger partial charge in [0.15, 0.2) is 5.82 Å². The predicted molar refractivity (Wildman–Crippen MR) is 160 cm³/mol. The summed E-state index contributed by atoms with van der Waals surface area (Å²) in [5, 5.41) is 3.57. The van der Waals surface area contributed by atoms with Crippen LogP contribution >= 0.6 is 7.75 Å². The number of nitrogen functional groups attached to an aromatic ring is 1. The van der Waals surface area contributed by atoms with Crippen molar-refractivity contribution < 1.29 is 23.1 Å². The molecule has 0 spiro atoms. The zero-order chi connectivity index (χ0) is 29.6. The summed E-state index contributed by atoms with van der Waals surface area (Å²) in [5.74, 6) is 0.591. The minimum absolute atomic E-state index is 0.0449. The molecule has 4 rings (SSSR count). The number of primary amides is 1. The molecule has 5 N–H and O–H groups in total. The number of para-hydroxylation sites is 2. The van der Waals surface area contributed by atoms with E-state index in [1.807, 2.05) is 44.2 Å². The second-order valence-corrected chi connectivity index (χ2v) is 11.9. The number of hydrogen-bond acceptors (Lipinski definition) is 8. The number of imidazole rings is 1. The zero-order valence-electron chi connectivity index (χ0n) is 24.0. The first kappa shape index (κ1) is 30.5. The van der Waals surface area contributed by atoms with Gasteiger partial charge in [-0.25, -0.2) is 14.5 Å². The Hall–Kier alpha value is -3.50. The maximum atomic E-state index is 14.1. The van der Waals surface area contributed by atoms with Crippen molar-refractivity contribution in [2.75, 3.05) is 18.9 Å². The minimum atomic E-state index is -4.09. The van der Waals surface area contributed by atoms with Gasteiger partial charge in [-0.3, -0.25) is 9.32 Å². The molecule has 0 aliphatic heterocycles. The number of nitrogens with two attached hydrogens (primary N) is 2. The quantitative estimate of drug-likeness (QED) is 0.159. The number of nitrogens with one attached hydrogen (secondary N) is 1. The van der Waals surface area contributed by atoms with Gasteiger partial charge in [-0.2, -0.15) is 5.09 Å². The lowest BCUT2D eigenvalue weighted by atomic mass is 9.94. The third kappa shape index (κ3) is 6.87. The first-order chi connectivity index (χ1) is 19.6. The van der Waals surface area contributed by atoms with Crippen molar-refractivity contribution in [1.29, 1.82) is 0 Å². The summed E-state index contributed by atoms with van der Waals surface area (Å²) in [5.41, 5.74) is 13.2. The van der Waals surface area contributed by atoms with Crippen LogP contribution in [0.3, 0.4) is 0 Å². The van der Waals surface area contributed by atoms with Crippen molar-refractivity contribution in [2.45, 2.75) is 65.1 Å². The molecule has 4 aromatic rings. The maximum Gasteiger partial charge on any atom is 0.459 e. The van der Waals surface area contributed by atoms with Crippen LogP contribution in [0.1, 0.15) is 52.8 Å². The predicted octanol–water partition coefficient (Wildman–Crippen LogP) is 5.28. The van der Waals surface area contributed by atoms with Crippen molar-refractivity contribution >= 4 is 41.4 Å². The summed E-state index contributed by atoms with van der Waals surface area (Å²) in [6.45, 7) is 8.23. The van der Waals surface area contributed by atoms with Crippen LogP contribution in [0.4, 0.5) is 5.82 Å². The Morgan fingerprint density at radius 3 is 2.51 bits per heavy atom. The van der Waals surface area contributed by atoms with Crippen LogP contribution in [0, 0.1) is 0 Å². The number of ether oxygens (including phenoxy) is 1. The van der Waals surface area contributed by atoms with Gasteiger partial charge in [0.05, 0.1) is 29.2 Å². The van der Waals surface area contributed by atoms with Crippen molar-refractivity contribution in [3.8, 4) is 5.75 Å². The third-order valence-electron chi connectivity index (χ3n) is 6.93. The number of carbonyl (C=O) groups excluding carboxylic acids is 1. The van der Waals surface area contributed by atoms with Crippen molar-refractivity contribution in [3.05, 3.63) is 60.4 Å². The normalized spacial score (nSPS) is 15.4. The zero-order valence-corrected chi connectivity index (χ0v) is 24.9. The third-order valence-corrected chi connectivity index (χ3v) is 8.55. The highest BCUT2D eigenvalue weighted by atomic mass is 31.2. The Labute approximate surface area is 240 Å². The van der Waals surface area contributed by atoms with Gasteiger partial charge < -0.3 is 25.3 Å². The van der Waals surface area contributed by atoms with Gasteiger partial charge >= 0.3 is 7.75 Å². The molecule has 0 aliphatic carbocycles. The number of rotatable bonds is 15. The van der Waals surface area contributed by atoms with Crippen LogP contribution in [0.2, 0.25) is 0 Å². The van der Waals surface area contributed by atoms with E-state index in [1.54, 1.807) is 24.3 Å². The average molecular weight is 583 g/mol. The summed E-state index contributed by atoms with van der Waals surface area (Å²) < 4.78 is 34.0. The molecule has 2 aromatic carbocycles. The summed E-state index contributed by atoms with van der Waals surface area (Å²) in [6.07, 6.45) is 2.42. The lowest BCUT2D eigenvalue weighted by Gasteiger charge is -2.35. The van der Waals surface area contributed by atoms with Gasteiger partial charge in [0, 0.05) is 12.0 Å². The average Bonchev–Trinajstić information content (AvgIpc) is 3.36. The Bertz CT molecular complexity index is 1550. The molecule has 220 valence electrons. The van der Waals surface area contributed by atoms with E-state index in [2.05, 4.69) is 21.6 Å². The second kappa shape index (κ2) is 13.0. The van der Waals surface area contributed by atoms with Crippen molar-refractivity contribution in [1.82, 2.24) is 19.6 Å². The van der Waals surface area contributed by atoms with E-state index in [1.165, 1.54) is 6.92 Å². The Morgan fingerprint density at radius 2 is 1.83 bits per heavy atom. The van der Waals surface area contributed by atoms with Gasteiger partial charge in [-0.1, -0.05) is 56.2 Å². The van der Waals surface area contributed by atoms with Gasteiger partial charge in [0.1, 0.15) is 23.7 Å². The standard InChI is InChI=1S/C29H39N6O5P/c1-5-7-17-29(4,19-39-41(37,34-20(3)28(31)36)40-21-13-9-8-10-14-21)35-24(18-38-6-2)33-25-26(35)22-15-11-12-16-23(22)32-27(25)30/h8-16,20H,5-7,17-19H2,1-4H3,(H2,30,32)(H2,31,36)(H,34,37)/t20-,29?,41-/m0/s1. The van der Waals surface area contributed by atoms with E-state index in [4.69, 9.17) is 30.2 Å². The van der Waals surface area contributed by atoms with Gasteiger partial charge in [0.25, 0.3) is 0 Å². The minimum Gasteiger partial charge on any atom is -0.413 e. The summed E-state index contributed by atoms with van der Waals surface area (Å²) in [6, 6.07) is 15.4. The number of anilines is 1. The topological polar surface area (TPSA) is 157 Å². The molecule has 0 bridgehead atoms. The molecule has 0 saturated heterocycles. The number of aromatic nitrogens is 3. The van der Waals surface area contributed by atoms with Crippen LogP contribution in [0.25, 0.3) is 21.9 Å². The summed E-state index contributed by atoms with van der Waals surface area (Å²) in [7, 11) is -4.09. The van der Waals surface area contributed by atoms with E-state index < -0.39 is 25.2 Å². The number of benzene rings is 2. The fourth-order valence-electron chi connectivity index (χ4n) is 4.76. The molecule has 0 radical (unpaired) electrons. The fraction of sp³-hybridized carbons (Fsp3) is 0.414. The van der Waals surface area contributed by atoms with Gasteiger partial charge in [-0.15, -0.1) is 0 Å². The number of hydrogen-bond donors (Lipinski definition) is 3. The SMILES string of the molecule is CCCCC(C)(CO[P@@](=O)(N[C@@H](C)C(N)=O)Oc1ccccc1)n1c(COCC)nc2c(N)nc3ccccc3c21. The second-order valence-electron chi connectivity index (χ2n) is 10.2. The Balaban J connectivity index is 1.84. The number of carbonyl (C=O) groups is 1. The molecular formula is C29H39N6O5P. The van der Waals surface area contributed by atoms with E-state index in [-0.39, 0.29) is 13.2 Å². The fourth-order valence-corrected chi connectivity index (χ4v) is 6.39. The molecule has 0 aliphatic rings. The number of nitrogens with zero attached hydrogens (tertiary/aromatic N) is 3. The van der Waals surface area contributed by atoms with E-state index in [0.717, 1.165) is 29.3 Å². The lowest BCUT2D eigenvalue weighted by molar-refractivity contribution is -0.119. The highest BCUT2D eigenvalue weighted by molar-refractivity contribution is 7.52. The summed E-state index contributed by atoms with van der Waals surface area (Å²) >= 11 is 0. The molecule has 2 aromatic heterocycles. The molecule has 1 amide bonds. The Kier molecular flexibility index (Phi) is 9.65. The number of unbranched alkanes of at least 4 members (excludes halogenated alkanes) is 1. The molecule has 3 atom stereocenters.